The van der Waals surface area contributed by atoms with Gasteiger partial charge in [0.2, 0.25) is 0 Å². The zero-order valence-corrected chi connectivity index (χ0v) is 13.2. The smallest absolute Gasteiger partial charge is 0.281 e. The molecule has 0 aliphatic carbocycles. The summed E-state index contributed by atoms with van der Waals surface area (Å²) in [5.41, 5.74) is 2.76. The molecule has 0 saturated heterocycles. The third kappa shape index (κ3) is 3.56. The first-order valence-corrected chi connectivity index (χ1v) is 7.21. The molecule has 2 N–H and O–H groups in total. The van der Waals surface area contributed by atoms with Gasteiger partial charge in [-0.25, -0.2) is 5.43 Å². The van der Waals surface area contributed by atoms with E-state index in [4.69, 9.17) is 9.47 Å². The number of hydrogen-bond acceptors (Lipinski definition) is 6. The number of thiophene rings is 1. The van der Waals surface area contributed by atoms with Crippen LogP contribution < -0.4 is 14.9 Å². The van der Waals surface area contributed by atoms with E-state index in [-0.39, 0.29) is 11.7 Å². The largest absolute Gasteiger partial charge is 0.507 e. The zero-order valence-electron chi connectivity index (χ0n) is 12.4. The van der Waals surface area contributed by atoms with Crippen LogP contribution in [-0.4, -0.2) is 31.4 Å². The number of benzene rings is 1. The molecule has 6 nitrogen and oxygen atoms in total. The van der Waals surface area contributed by atoms with Crippen molar-refractivity contribution in [1.29, 1.82) is 0 Å². The molecular formula is C15H16N2O4S. The van der Waals surface area contributed by atoms with Gasteiger partial charge < -0.3 is 14.6 Å². The van der Waals surface area contributed by atoms with Gasteiger partial charge >= 0.3 is 0 Å². The van der Waals surface area contributed by atoms with E-state index in [9.17, 15) is 9.90 Å². The van der Waals surface area contributed by atoms with Crippen molar-refractivity contribution in [1.82, 2.24) is 5.43 Å². The van der Waals surface area contributed by atoms with Gasteiger partial charge in [-0.1, -0.05) is 0 Å². The van der Waals surface area contributed by atoms with Crippen LogP contribution in [0.15, 0.2) is 29.4 Å². The molecule has 1 amide bonds. The fraction of sp³-hybridized carbons (Fsp3) is 0.200. The Balaban J connectivity index is 2.14. The Kier molecular flexibility index (Phi) is 5.00. The molecule has 1 heterocycles. The highest BCUT2D eigenvalue weighted by molar-refractivity contribution is 7.13. The summed E-state index contributed by atoms with van der Waals surface area (Å²) in [6.07, 6.45) is 1.33. The summed E-state index contributed by atoms with van der Waals surface area (Å²) in [5.74, 6) is 0.494. The minimum Gasteiger partial charge on any atom is -0.507 e. The second-order valence-electron chi connectivity index (χ2n) is 4.37. The van der Waals surface area contributed by atoms with E-state index < -0.39 is 0 Å². The summed E-state index contributed by atoms with van der Waals surface area (Å²) < 4.78 is 10.2. The third-order valence-corrected chi connectivity index (χ3v) is 3.87. The maximum absolute atomic E-state index is 11.9. The van der Waals surface area contributed by atoms with Crippen LogP contribution in [0.4, 0.5) is 0 Å². The van der Waals surface area contributed by atoms with Gasteiger partial charge in [-0.15, -0.1) is 11.3 Å². The molecule has 2 aromatic rings. The number of nitrogens with one attached hydrogen (secondary N) is 1. The average molecular weight is 320 g/mol. The Hall–Kier alpha value is -2.54. The Bertz CT molecular complexity index is 710. The lowest BCUT2D eigenvalue weighted by atomic mass is 10.2. The number of rotatable bonds is 5. The molecule has 22 heavy (non-hydrogen) atoms. The summed E-state index contributed by atoms with van der Waals surface area (Å²) in [6.45, 7) is 1.92. The van der Waals surface area contributed by atoms with Gasteiger partial charge in [0, 0.05) is 17.0 Å². The predicted octanol–water partition coefficient (Wildman–Crippen LogP) is 2.54. The van der Waals surface area contributed by atoms with Crippen molar-refractivity contribution in [2.24, 2.45) is 5.10 Å². The maximum atomic E-state index is 11.9. The number of ether oxygens (including phenoxy) is 2. The molecule has 1 aromatic carbocycles. The lowest BCUT2D eigenvalue weighted by Gasteiger charge is -2.09. The topological polar surface area (TPSA) is 80.2 Å². The molecule has 0 unspecified atom stereocenters. The fourth-order valence-corrected chi connectivity index (χ4v) is 2.53. The fourth-order valence-electron chi connectivity index (χ4n) is 1.77. The SMILES string of the molecule is COc1cc(O)c(C=NNC(=O)c2ccc(C)s2)c(OC)c1. The number of carbonyl (C=O) groups is 1. The van der Waals surface area contributed by atoms with E-state index in [1.807, 2.05) is 13.0 Å². The number of amides is 1. The van der Waals surface area contributed by atoms with Gasteiger partial charge in [0.1, 0.15) is 17.2 Å². The molecule has 0 fully saturated rings. The number of hydrazone groups is 1. The molecule has 0 spiro atoms. The van der Waals surface area contributed by atoms with Crippen molar-refractivity contribution in [2.75, 3.05) is 14.2 Å². The monoisotopic (exact) mass is 320 g/mol. The number of hydrogen-bond donors (Lipinski definition) is 2. The molecule has 0 atom stereocenters. The number of nitrogens with zero attached hydrogens (tertiary/aromatic N) is 1. The normalized spacial score (nSPS) is 10.7. The van der Waals surface area contributed by atoms with Crippen LogP contribution in [0, 0.1) is 6.92 Å². The van der Waals surface area contributed by atoms with E-state index in [0.717, 1.165) is 4.88 Å². The highest BCUT2D eigenvalue weighted by Gasteiger charge is 2.11. The molecule has 0 saturated carbocycles. The number of aromatic hydroxyl groups is 1. The minimum absolute atomic E-state index is 0.0545. The second kappa shape index (κ2) is 6.95. The predicted molar refractivity (Wildman–Crippen MR) is 85.3 cm³/mol. The van der Waals surface area contributed by atoms with Crippen LogP contribution in [0.25, 0.3) is 0 Å². The summed E-state index contributed by atoms with van der Waals surface area (Å²) in [7, 11) is 2.96. The standard InChI is InChI=1S/C15H16N2O4S/c1-9-4-5-14(22-9)15(19)17-16-8-11-12(18)6-10(20-2)7-13(11)21-3/h4-8,18H,1-3H3,(H,17,19). The van der Waals surface area contributed by atoms with E-state index in [0.29, 0.717) is 21.9 Å². The van der Waals surface area contributed by atoms with Crippen molar-refractivity contribution in [2.45, 2.75) is 6.92 Å². The lowest BCUT2D eigenvalue weighted by molar-refractivity contribution is 0.0959. The first kappa shape index (κ1) is 15.8. The first-order chi connectivity index (χ1) is 10.5. The maximum Gasteiger partial charge on any atom is 0.281 e. The summed E-state index contributed by atoms with van der Waals surface area (Å²) in [4.78, 5) is 13.5. The quantitative estimate of drug-likeness (QED) is 0.655. The van der Waals surface area contributed by atoms with Crippen molar-refractivity contribution in [3.63, 3.8) is 0 Å². The first-order valence-electron chi connectivity index (χ1n) is 6.40. The van der Waals surface area contributed by atoms with Crippen molar-refractivity contribution in [3.05, 3.63) is 39.6 Å². The van der Waals surface area contributed by atoms with E-state index in [1.165, 1.54) is 37.8 Å². The molecule has 0 radical (unpaired) electrons. The molecule has 2 rings (SSSR count). The Morgan fingerprint density at radius 1 is 1.32 bits per heavy atom. The van der Waals surface area contributed by atoms with Crippen LogP contribution in [0.3, 0.4) is 0 Å². The second-order valence-corrected chi connectivity index (χ2v) is 5.66. The molecule has 1 aromatic heterocycles. The average Bonchev–Trinajstić information content (AvgIpc) is 2.94. The Morgan fingerprint density at radius 3 is 2.68 bits per heavy atom. The van der Waals surface area contributed by atoms with Gasteiger partial charge in [-0.2, -0.15) is 5.10 Å². The zero-order chi connectivity index (χ0) is 16.1. The number of carbonyl (C=O) groups excluding carboxylic acids is 1. The summed E-state index contributed by atoms with van der Waals surface area (Å²) >= 11 is 1.38. The number of methoxy groups -OCH3 is 2. The van der Waals surface area contributed by atoms with Crippen LogP contribution in [0.1, 0.15) is 20.1 Å². The number of aryl methyl sites for hydroxylation is 1. The van der Waals surface area contributed by atoms with E-state index >= 15 is 0 Å². The molecule has 7 heteroatoms. The van der Waals surface area contributed by atoms with Crippen LogP contribution in [0.2, 0.25) is 0 Å². The van der Waals surface area contributed by atoms with Crippen LogP contribution in [-0.2, 0) is 0 Å². The number of phenols is 1. The summed E-state index contributed by atoms with van der Waals surface area (Å²) in [6, 6.07) is 6.65. The molecule has 0 aliphatic heterocycles. The molecular weight excluding hydrogens is 304 g/mol. The van der Waals surface area contributed by atoms with Crippen molar-refractivity contribution >= 4 is 23.5 Å². The molecule has 0 bridgehead atoms. The van der Waals surface area contributed by atoms with Gasteiger partial charge in [0.15, 0.2) is 0 Å². The number of phenolic OH excluding ortho intramolecular Hbond substituents is 1. The van der Waals surface area contributed by atoms with Crippen LogP contribution >= 0.6 is 11.3 Å². The van der Waals surface area contributed by atoms with E-state index in [1.54, 1.807) is 12.1 Å². The van der Waals surface area contributed by atoms with Crippen molar-refractivity contribution in [3.8, 4) is 17.2 Å². The molecule has 0 aliphatic rings. The third-order valence-electron chi connectivity index (χ3n) is 2.87. The van der Waals surface area contributed by atoms with Gasteiger partial charge in [0.05, 0.1) is 30.9 Å². The Morgan fingerprint density at radius 2 is 2.09 bits per heavy atom. The highest BCUT2D eigenvalue weighted by Crippen LogP contribution is 2.31. The van der Waals surface area contributed by atoms with Gasteiger partial charge in [-0.3, -0.25) is 4.79 Å². The lowest BCUT2D eigenvalue weighted by Crippen LogP contribution is -2.16. The van der Waals surface area contributed by atoms with Gasteiger partial charge in [-0.05, 0) is 19.1 Å². The highest BCUT2D eigenvalue weighted by atomic mass is 32.1. The molecule has 116 valence electrons. The van der Waals surface area contributed by atoms with E-state index in [2.05, 4.69) is 10.5 Å². The summed E-state index contributed by atoms with van der Waals surface area (Å²) in [5, 5.41) is 13.8. The van der Waals surface area contributed by atoms with Crippen molar-refractivity contribution < 1.29 is 19.4 Å². The van der Waals surface area contributed by atoms with Crippen LogP contribution in [0.5, 0.6) is 17.2 Å². The minimum atomic E-state index is -0.304. The Labute approximate surface area is 132 Å². The van der Waals surface area contributed by atoms with Gasteiger partial charge in [0.25, 0.3) is 5.91 Å².